The van der Waals surface area contributed by atoms with Crippen molar-refractivity contribution in [2.45, 2.75) is 13.3 Å². The average Bonchev–Trinajstić information content (AvgIpc) is 2.47. The van der Waals surface area contributed by atoms with E-state index in [2.05, 4.69) is 15.0 Å². The maximum atomic E-state index is 9.28. The summed E-state index contributed by atoms with van der Waals surface area (Å²) in [5, 5.41) is 17.5. The Bertz CT molecular complexity index is 786. The third-order valence-corrected chi connectivity index (χ3v) is 4.08. The summed E-state index contributed by atoms with van der Waals surface area (Å²) in [5.74, 6) is 0. The summed E-state index contributed by atoms with van der Waals surface area (Å²) in [6.07, 6.45) is 0.257. The first kappa shape index (κ1) is 15.5. The van der Waals surface area contributed by atoms with Gasteiger partial charge in [0.05, 0.1) is 44.7 Å². The molecule has 2 aromatic rings. The minimum absolute atomic E-state index is 0.0111. The zero-order valence-corrected chi connectivity index (χ0v) is 13.1. The molecular weight excluding hydrogens is 331 g/mol. The molecule has 1 heterocycles. The van der Waals surface area contributed by atoms with Crippen LogP contribution in [0.1, 0.15) is 22.5 Å². The Balaban J connectivity index is 2.61. The zero-order valence-electron chi connectivity index (χ0n) is 10.8. The highest BCUT2D eigenvalue weighted by molar-refractivity contribution is 6.47. The van der Waals surface area contributed by atoms with Gasteiger partial charge in [-0.15, -0.1) is 0 Å². The van der Waals surface area contributed by atoms with E-state index in [4.69, 9.17) is 41.4 Å². The molecule has 0 atom stereocenters. The van der Waals surface area contributed by atoms with Gasteiger partial charge in [-0.3, -0.25) is 0 Å². The maximum absolute atomic E-state index is 9.28. The zero-order chi connectivity index (χ0) is 15.6. The predicted octanol–water partition coefficient (Wildman–Crippen LogP) is 4.76. The molecular formula is C14H7Cl3N4. The highest BCUT2D eigenvalue weighted by Gasteiger charge is 2.21. The third kappa shape index (κ3) is 2.94. The van der Waals surface area contributed by atoms with Crippen molar-refractivity contribution in [2.24, 2.45) is 0 Å². The van der Waals surface area contributed by atoms with Gasteiger partial charge in [0.25, 0.3) is 0 Å². The Morgan fingerprint density at radius 3 is 2.43 bits per heavy atom. The SMILES string of the molecule is [C-]#[N+]c1c(Cl)c(Cl)c(Cc2ccc(C)nn2)c(C#N)c1Cl. The molecule has 1 aromatic heterocycles. The summed E-state index contributed by atoms with van der Waals surface area (Å²) in [6.45, 7) is 8.90. The molecule has 0 saturated heterocycles. The molecule has 104 valence electrons. The molecule has 0 N–H and O–H groups in total. The summed E-state index contributed by atoms with van der Waals surface area (Å²) in [5.41, 5.74) is 1.98. The Morgan fingerprint density at radius 2 is 1.90 bits per heavy atom. The fraction of sp³-hybridized carbons (Fsp3) is 0.143. The van der Waals surface area contributed by atoms with Gasteiger partial charge in [-0.1, -0.05) is 34.8 Å². The van der Waals surface area contributed by atoms with Crippen molar-refractivity contribution in [2.75, 3.05) is 0 Å². The van der Waals surface area contributed by atoms with Gasteiger partial charge in [0.15, 0.2) is 0 Å². The van der Waals surface area contributed by atoms with Crippen LogP contribution < -0.4 is 0 Å². The lowest BCUT2D eigenvalue weighted by Gasteiger charge is -2.12. The van der Waals surface area contributed by atoms with Crippen molar-refractivity contribution in [3.63, 3.8) is 0 Å². The van der Waals surface area contributed by atoms with Crippen molar-refractivity contribution >= 4 is 40.5 Å². The first-order valence-corrected chi connectivity index (χ1v) is 6.89. The molecule has 0 unspecified atom stereocenters. The van der Waals surface area contributed by atoms with Gasteiger partial charge in [-0.25, -0.2) is 4.85 Å². The monoisotopic (exact) mass is 336 g/mol. The second-order valence-electron chi connectivity index (χ2n) is 4.21. The van der Waals surface area contributed by atoms with Crippen molar-refractivity contribution in [1.82, 2.24) is 10.2 Å². The molecule has 0 amide bonds. The number of aromatic nitrogens is 2. The molecule has 0 spiro atoms. The molecule has 0 radical (unpaired) electrons. The fourth-order valence-electron chi connectivity index (χ4n) is 1.78. The number of benzene rings is 1. The first-order valence-electron chi connectivity index (χ1n) is 5.75. The Morgan fingerprint density at radius 1 is 1.19 bits per heavy atom. The van der Waals surface area contributed by atoms with Crippen LogP contribution in [0.15, 0.2) is 12.1 Å². The number of halogens is 3. The van der Waals surface area contributed by atoms with E-state index in [9.17, 15) is 5.26 Å². The first-order chi connectivity index (χ1) is 9.99. The van der Waals surface area contributed by atoms with Gasteiger partial charge < -0.3 is 0 Å². The lowest BCUT2D eigenvalue weighted by atomic mass is 10.0. The van der Waals surface area contributed by atoms with Crippen LogP contribution in [0.3, 0.4) is 0 Å². The average molecular weight is 338 g/mol. The number of aryl methyl sites for hydroxylation is 1. The largest absolute Gasteiger partial charge is 0.235 e. The van der Waals surface area contributed by atoms with E-state index in [0.717, 1.165) is 5.69 Å². The molecule has 0 aliphatic carbocycles. The van der Waals surface area contributed by atoms with Crippen molar-refractivity contribution in [3.05, 3.63) is 61.1 Å². The third-order valence-electron chi connectivity index (χ3n) is 2.83. The molecule has 0 fully saturated rings. The molecule has 21 heavy (non-hydrogen) atoms. The van der Waals surface area contributed by atoms with Crippen LogP contribution in [-0.2, 0) is 6.42 Å². The van der Waals surface area contributed by atoms with Gasteiger partial charge in [-0.2, -0.15) is 15.5 Å². The normalized spacial score (nSPS) is 10.0. The Hall–Kier alpha value is -1.85. The summed E-state index contributed by atoms with van der Waals surface area (Å²) in [6, 6.07) is 5.56. The van der Waals surface area contributed by atoms with E-state index >= 15 is 0 Å². The maximum Gasteiger partial charge on any atom is 0.226 e. The van der Waals surface area contributed by atoms with E-state index in [1.54, 1.807) is 12.1 Å². The predicted molar refractivity (Wildman–Crippen MR) is 82.0 cm³/mol. The van der Waals surface area contributed by atoms with E-state index in [-0.39, 0.29) is 32.7 Å². The van der Waals surface area contributed by atoms with Gasteiger partial charge in [0.1, 0.15) is 0 Å². The molecule has 2 rings (SSSR count). The topological polar surface area (TPSA) is 53.9 Å². The van der Waals surface area contributed by atoms with Crippen LogP contribution in [0.2, 0.25) is 15.1 Å². The molecule has 7 heteroatoms. The van der Waals surface area contributed by atoms with E-state index in [0.29, 0.717) is 11.3 Å². The number of rotatable bonds is 2. The van der Waals surface area contributed by atoms with Crippen molar-refractivity contribution in [3.8, 4) is 6.07 Å². The van der Waals surface area contributed by atoms with Crippen LogP contribution in [0.5, 0.6) is 0 Å². The smallest absolute Gasteiger partial charge is 0.226 e. The van der Waals surface area contributed by atoms with Crippen molar-refractivity contribution in [1.29, 1.82) is 5.26 Å². The highest BCUT2D eigenvalue weighted by atomic mass is 35.5. The van der Waals surface area contributed by atoms with E-state index < -0.39 is 0 Å². The summed E-state index contributed by atoms with van der Waals surface area (Å²) in [7, 11) is 0. The van der Waals surface area contributed by atoms with Gasteiger partial charge in [-0.05, 0) is 24.6 Å². The fourth-order valence-corrected chi connectivity index (χ4v) is 2.62. The van der Waals surface area contributed by atoms with Crippen LogP contribution in [0.4, 0.5) is 5.69 Å². The molecule has 0 aliphatic rings. The lowest BCUT2D eigenvalue weighted by Crippen LogP contribution is -2.00. The number of hydrogen-bond acceptors (Lipinski definition) is 3. The number of nitriles is 1. The lowest BCUT2D eigenvalue weighted by molar-refractivity contribution is 0.906. The quantitative estimate of drug-likeness (QED) is 0.586. The molecule has 0 bridgehead atoms. The van der Waals surface area contributed by atoms with Crippen molar-refractivity contribution < 1.29 is 0 Å². The second-order valence-corrected chi connectivity index (χ2v) is 5.34. The minimum Gasteiger partial charge on any atom is -0.235 e. The summed E-state index contributed by atoms with van der Waals surface area (Å²) >= 11 is 18.3. The molecule has 1 aromatic carbocycles. The number of nitrogens with zero attached hydrogens (tertiary/aromatic N) is 4. The van der Waals surface area contributed by atoms with E-state index in [1.807, 2.05) is 13.0 Å². The molecule has 0 saturated carbocycles. The summed E-state index contributed by atoms with van der Waals surface area (Å²) < 4.78 is 0. The standard InChI is InChI=1S/C14H7Cl3N4/c1-7-3-4-8(21-20-7)5-9-10(6-18)12(16)14(19-2)13(17)11(9)15/h3-4H,5H2,1H3. The van der Waals surface area contributed by atoms with Gasteiger partial charge in [0.2, 0.25) is 5.69 Å². The number of hydrogen-bond donors (Lipinski definition) is 0. The highest BCUT2D eigenvalue weighted by Crippen LogP contribution is 2.44. The van der Waals surface area contributed by atoms with Crippen LogP contribution in [-0.4, -0.2) is 10.2 Å². The van der Waals surface area contributed by atoms with Gasteiger partial charge in [0, 0.05) is 6.42 Å². The summed E-state index contributed by atoms with van der Waals surface area (Å²) in [4.78, 5) is 3.22. The molecule has 0 aliphatic heterocycles. The van der Waals surface area contributed by atoms with E-state index in [1.165, 1.54) is 0 Å². The Kier molecular flexibility index (Phi) is 4.65. The van der Waals surface area contributed by atoms with Crippen LogP contribution in [0.25, 0.3) is 4.85 Å². The van der Waals surface area contributed by atoms with Crippen LogP contribution in [0, 0.1) is 24.8 Å². The van der Waals surface area contributed by atoms with Crippen LogP contribution >= 0.6 is 34.8 Å². The molecule has 4 nitrogen and oxygen atoms in total. The Labute approximate surface area is 136 Å². The van der Waals surface area contributed by atoms with Gasteiger partial charge >= 0.3 is 0 Å². The minimum atomic E-state index is -0.0152. The second kappa shape index (κ2) is 6.28.